The highest BCUT2D eigenvalue weighted by Crippen LogP contribution is 2.29. The summed E-state index contributed by atoms with van der Waals surface area (Å²) in [5.41, 5.74) is 4.13. The normalized spacial score (nSPS) is 15.9. The Labute approximate surface area is 240 Å². The monoisotopic (exact) mass is 558 g/mol. The number of hydrogen-bond donors (Lipinski definition) is 1. The lowest BCUT2D eigenvalue weighted by Crippen LogP contribution is -2.38. The molecule has 3 aromatic carbocycles. The van der Waals surface area contributed by atoms with Gasteiger partial charge in [0.25, 0.3) is 17.7 Å². The van der Waals surface area contributed by atoms with Crippen LogP contribution in [0, 0.1) is 6.92 Å². The number of carbonyl (C=O) groups is 3. The number of likely N-dealkylation sites (tertiary alicyclic amines) is 1. The predicted molar refractivity (Wildman–Crippen MR) is 160 cm³/mol. The van der Waals surface area contributed by atoms with E-state index in [0.29, 0.717) is 47.0 Å². The van der Waals surface area contributed by atoms with E-state index in [1.807, 2.05) is 53.1 Å². The molecule has 5 rings (SSSR count). The van der Waals surface area contributed by atoms with Crippen molar-refractivity contribution in [2.45, 2.75) is 32.6 Å². The van der Waals surface area contributed by atoms with Gasteiger partial charge in [-0.1, -0.05) is 41.4 Å². The molecule has 0 atom stereocenters. The van der Waals surface area contributed by atoms with Gasteiger partial charge in [0.2, 0.25) is 0 Å². The van der Waals surface area contributed by atoms with Gasteiger partial charge in [-0.2, -0.15) is 0 Å². The van der Waals surface area contributed by atoms with Gasteiger partial charge in [-0.05, 0) is 75.1 Å². The van der Waals surface area contributed by atoms with Crippen molar-refractivity contribution in [3.63, 3.8) is 0 Å². The van der Waals surface area contributed by atoms with Crippen LogP contribution in [0.1, 0.15) is 62.3 Å². The maximum absolute atomic E-state index is 13.8. The van der Waals surface area contributed by atoms with Crippen LogP contribution in [0.25, 0.3) is 0 Å². The van der Waals surface area contributed by atoms with Crippen LogP contribution in [0.4, 0.5) is 11.4 Å². The van der Waals surface area contributed by atoms with Crippen LogP contribution in [0.5, 0.6) is 0 Å². The minimum Gasteiger partial charge on any atom is -0.369 e. The number of nitrogens with zero attached hydrogens (tertiary/aromatic N) is 3. The van der Waals surface area contributed by atoms with E-state index in [0.717, 1.165) is 56.6 Å². The molecule has 0 aliphatic carbocycles. The number of nitrogens with one attached hydrogen (secondary N) is 1. The van der Waals surface area contributed by atoms with Gasteiger partial charge >= 0.3 is 0 Å². The zero-order chi connectivity index (χ0) is 28.1. The minimum absolute atomic E-state index is 0.0274. The first-order valence-corrected chi connectivity index (χ1v) is 14.4. The number of anilines is 2. The quantitative estimate of drug-likeness (QED) is 0.424. The SMILES string of the molecule is Cc1ccc(C(=O)N2CCCN(c3ccc(NC(=O)c4ccccc4Cl)cc3C(=O)N3CCCCC3)CC2)cc1. The van der Waals surface area contributed by atoms with Crippen LogP contribution >= 0.6 is 11.6 Å². The molecule has 3 aromatic rings. The molecular formula is C32H35ClN4O3. The molecule has 1 N–H and O–H groups in total. The summed E-state index contributed by atoms with van der Waals surface area (Å²) in [4.78, 5) is 45.9. The van der Waals surface area contributed by atoms with E-state index in [1.54, 1.807) is 30.3 Å². The Hall–Kier alpha value is -3.84. The van der Waals surface area contributed by atoms with E-state index in [9.17, 15) is 14.4 Å². The van der Waals surface area contributed by atoms with Crippen LogP contribution in [0.2, 0.25) is 5.02 Å². The molecule has 8 heteroatoms. The molecule has 2 saturated heterocycles. The first-order valence-electron chi connectivity index (χ1n) is 14.0. The van der Waals surface area contributed by atoms with Crippen LogP contribution in [-0.4, -0.2) is 66.8 Å². The van der Waals surface area contributed by atoms with Crippen molar-refractivity contribution in [1.82, 2.24) is 9.80 Å². The zero-order valence-corrected chi connectivity index (χ0v) is 23.6. The van der Waals surface area contributed by atoms with Crippen LogP contribution in [0.3, 0.4) is 0 Å². The van der Waals surface area contributed by atoms with E-state index in [-0.39, 0.29) is 17.7 Å². The first-order chi connectivity index (χ1) is 19.4. The largest absolute Gasteiger partial charge is 0.369 e. The highest BCUT2D eigenvalue weighted by Gasteiger charge is 2.26. The van der Waals surface area contributed by atoms with Crippen LogP contribution in [-0.2, 0) is 0 Å². The lowest BCUT2D eigenvalue weighted by molar-refractivity contribution is 0.0723. The zero-order valence-electron chi connectivity index (χ0n) is 22.9. The number of hydrogen-bond acceptors (Lipinski definition) is 4. The van der Waals surface area contributed by atoms with Gasteiger partial charge in [-0.15, -0.1) is 0 Å². The number of carbonyl (C=O) groups excluding carboxylic acids is 3. The van der Waals surface area contributed by atoms with Gasteiger partial charge in [-0.25, -0.2) is 0 Å². The van der Waals surface area contributed by atoms with Crippen molar-refractivity contribution < 1.29 is 14.4 Å². The third kappa shape index (κ3) is 6.31. The third-order valence-electron chi connectivity index (χ3n) is 7.67. The number of amides is 3. The highest BCUT2D eigenvalue weighted by molar-refractivity contribution is 6.34. The molecule has 0 bridgehead atoms. The third-order valence-corrected chi connectivity index (χ3v) is 8.00. The summed E-state index contributed by atoms with van der Waals surface area (Å²) in [7, 11) is 0. The van der Waals surface area contributed by atoms with E-state index in [2.05, 4.69) is 10.2 Å². The van der Waals surface area contributed by atoms with E-state index in [1.165, 1.54) is 0 Å². The van der Waals surface area contributed by atoms with Crippen molar-refractivity contribution in [1.29, 1.82) is 0 Å². The van der Waals surface area contributed by atoms with Gasteiger partial charge in [-0.3, -0.25) is 14.4 Å². The van der Waals surface area contributed by atoms with Gasteiger partial charge in [0.05, 0.1) is 16.1 Å². The Kier molecular flexibility index (Phi) is 8.70. The molecule has 2 aliphatic heterocycles. The molecule has 0 saturated carbocycles. The molecule has 208 valence electrons. The smallest absolute Gasteiger partial charge is 0.257 e. The fraction of sp³-hybridized carbons (Fsp3) is 0.344. The summed E-state index contributed by atoms with van der Waals surface area (Å²) in [6, 6.07) is 20.1. The summed E-state index contributed by atoms with van der Waals surface area (Å²) in [5.74, 6) is -0.320. The molecular weight excluding hydrogens is 524 g/mol. The highest BCUT2D eigenvalue weighted by atomic mass is 35.5. The lowest BCUT2D eigenvalue weighted by Gasteiger charge is -2.30. The molecule has 0 aromatic heterocycles. The summed E-state index contributed by atoms with van der Waals surface area (Å²) in [6.07, 6.45) is 3.90. The summed E-state index contributed by atoms with van der Waals surface area (Å²) in [6.45, 7) is 6.03. The molecule has 3 amide bonds. The van der Waals surface area contributed by atoms with E-state index in [4.69, 9.17) is 11.6 Å². The van der Waals surface area contributed by atoms with Crippen LogP contribution in [0.15, 0.2) is 66.7 Å². The molecule has 2 aliphatic rings. The standard InChI is InChI=1S/C32H35ClN4O3/c1-23-10-12-24(13-11-23)31(39)37-19-7-18-35(20-21-37)29-15-14-25(34-30(38)26-8-3-4-9-28(26)33)22-27(29)32(40)36-16-5-2-6-17-36/h3-4,8-15,22H,2,5-7,16-21H2,1H3,(H,34,38). The molecule has 7 nitrogen and oxygen atoms in total. The van der Waals surface area contributed by atoms with Crippen molar-refractivity contribution in [3.05, 3.63) is 94.0 Å². The number of aryl methyl sites for hydroxylation is 1. The summed E-state index contributed by atoms with van der Waals surface area (Å²) in [5, 5.41) is 3.29. The van der Waals surface area contributed by atoms with Crippen molar-refractivity contribution in [2.24, 2.45) is 0 Å². The molecule has 0 unspecified atom stereocenters. The van der Waals surface area contributed by atoms with Crippen LogP contribution < -0.4 is 10.2 Å². The van der Waals surface area contributed by atoms with Gasteiger partial charge < -0.3 is 20.0 Å². The Morgan fingerprint density at radius 3 is 2.15 bits per heavy atom. The fourth-order valence-electron chi connectivity index (χ4n) is 5.41. The first kappa shape index (κ1) is 27.7. The predicted octanol–water partition coefficient (Wildman–Crippen LogP) is 5.88. The van der Waals surface area contributed by atoms with Crippen molar-refractivity contribution in [2.75, 3.05) is 49.5 Å². The molecule has 40 heavy (non-hydrogen) atoms. The van der Waals surface area contributed by atoms with Gasteiger partial charge in [0.1, 0.15) is 0 Å². The number of rotatable bonds is 5. The lowest BCUT2D eigenvalue weighted by atomic mass is 10.1. The second kappa shape index (κ2) is 12.6. The van der Waals surface area contributed by atoms with Gasteiger partial charge in [0.15, 0.2) is 0 Å². The van der Waals surface area contributed by atoms with Crippen molar-refractivity contribution >= 4 is 40.7 Å². The Balaban J connectivity index is 1.38. The van der Waals surface area contributed by atoms with E-state index >= 15 is 0 Å². The van der Waals surface area contributed by atoms with Crippen molar-refractivity contribution in [3.8, 4) is 0 Å². The summed E-state index contributed by atoms with van der Waals surface area (Å²) >= 11 is 6.23. The molecule has 2 heterocycles. The average Bonchev–Trinajstić information content (AvgIpc) is 3.24. The molecule has 0 spiro atoms. The Bertz CT molecular complexity index is 1390. The molecule has 2 fully saturated rings. The van der Waals surface area contributed by atoms with Gasteiger partial charge in [0, 0.05) is 56.2 Å². The maximum Gasteiger partial charge on any atom is 0.257 e. The second-order valence-corrected chi connectivity index (χ2v) is 10.9. The molecule has 0 radical (unpaired) electrons. The fourth-order valence-corrected chi connectivity index (χ4v) is 5.63. The topological polar surface area (TPSA) is 73.0 Å². The summed E-state index contributed by atoms with van der Waals surface area (Å²) < 4.78 is 0. The van der Waals surface area contributed by atoms with E-state index < -0.39 is 0 Å². The Morgan fingerprint density at radius 2 is 1.40 bits per heavy atom. The second-order valence-electron chi connectivity index (χ2n) is 10.5. The number of benzene rings is 3. The minimum atomic E-state index is -0.324. The Morgan fingerprint density at radius 1 is 0.700 bits per heavy atom. The maximum atomic E-state index is 13.8. The number of halogens is 1. The number of piperidine rings is 1. The average molecular weight is 559 g/mol.